The molecule has 1 aliphatic rings. The summed E-state index contributed by atoms with van der Waals surface area (Å²) in [5.41, 5.74) is 0.810. The van der Waals surface area contributed by atoms with E-state index in [1.807, 2.05) is 46.1 Å². The molecular formula is C20H29N3O2S2. The number of rotatable bonds is 4. The lowest BCUT2D eigenvalue weighted by Gasteiger charge is -2.24. The van der Waals surface area contributed by atoms with Crippen LogP contribution in [0.15, 0.2) is 9.95 Å². The normalized spacial score (nSPS) is 16.8. The van der Waals surface area contributed by atoms with E-state index in [4.69, 9.17) is 4.98 Å². The van der Waals surface area contributed by atoms with Gasteiger partial charge in [0.2, 0.25) is 5.91 Å². The third-order valence-corrected chi connectivity index (χ3v) is 7.21. The van der Waals surface area contributed by atoms with Crippen LogP contribution in [0.3, 0.4) is 0 Å². The van der Waals surface area contributed by atoms with Gasteiger partial charge in [0.05, 0.1) is 10.6 Å². The van der Waals surface area contributed by atoms with Crippen molar-refractivity contribution in [3.05, 3.63) is 20.8 Å². The third kappa shape index (κ3) is 4.24. The second-order valence-corrected chi connectivity index (χ2v) is 11.0. The Bertz CT molecular complexity index is 918. The average Bonchev–Trinajstić information content (AvgIpc) is 3.15. The topological polar surface area (TPSA) is 64.0 Å². The summed E-state index contributed by atoms with van der Waals surface area (Å²) >= 11 is 2.96. The fourth-order valence-electron chi connectivity index (χ4n) is 3.54. The highest BCUT2D eigenvalue weighted by Crippen LogP contribution is 2.35. The molecule has 1 aliphatic carbocycles. The number of fused-ring (bicyclic) bond motifs is 1. The maximum Gasteiger partial charge on any atom is 0.263 e. The summed E-state index contributed by atoms with van der Waals surface area (Å²) in [6.45, 7) is 11.8. The van der Waals surface area contributed by atoms with Gasteiger partial charge in [-0.2, -0.15) is 0 Å². The van der Waals surface area contributed by atoms with Gasteiger partial charge in [0.25, 0.3) is 5.56 Å². The van der Waals surface area contributed by atoms with Crippen molar-refractivity contribution in [2.24, 2.45) is 0 Å². The zero-order valence-corrected chi connectivity index (χ0v) is 18.6. The molecule has 0 aromatic carbocycles. The molecule has 27 heavy (non-hydrogen) atoms. The van der Waals surface area contributed by atoms with Crippen LogP contribution in [0.25, 0.3) is 10.2 Å². The van der Waals surface area contributed by atoms with Gasteiger partial charge in [-0.25, -0.2) is 4.98 Å². The van der Waals surface area contributed by atoms with Crippen molar-refractivity contribution in [1.82, 2.24) is 14.9 Å². The molecule has 1 saturated carbocycles. The van der Waals surface area contributed by atoms with E-state index in [2.05, 4.69) is 5.32 Å². The number of carbonyl (C=O) groups excluding carboxylic acids is 1. The van der Waals surface area contributed by atoms with E-state index in [-0.39, 0.29) is 28.3 Å². The molecule has 5 nitrogen and oxygen atoms in total. The molecule has 1 fully saturated rings. The van der Waals surface area contributed by atoms with Crippen LogP contribution in [0.2, 0.25) is 0 Å². The molecule has 0 unspecified atom stereocenters. The molecule has 2 aromatic rings. The van der Waals surface area contributed by atoms with Crippen LogP contribution in [-0.2, 0) is 4.79 Å². The SMILES string of the molecule is Cc1sc2nc(S[C@H](C)C(=O)NC(C)(C)C)n(C3CCCC3)c(=O)c2c1C. The van der Waals surface area contributed by atoms with Crippen molar-refractivity contribution in [1.29, 1.82) is 0 Å². The quantitative estimate of drug-likeness (QED) is 0.595. The second-order valence-electron chi connectivity index (χ2n) is 8.47. The Balaban J connectivity index is 2.04. The maximum absolute atomic E-state index is 13.4. The Labute approximate surface area is 169 Å². The molecule has 3 rings (SSSR count). The summed E-state index contributed by atoms with van der Waals surface area (Å²) < 4.78 is 1.88. The van der Waals surface area contributed by atoms with E-state index in [1.54, 1.807) is 11.3 Å². The van der Waals surface area contributed by atoms with Crippen LogP contribution in [0.4, 0.5) is 0 Å². The number of hydrogen-bond acceptors (Lipinski definition) is 5. The zero-order valence-electron chi connectivity index (χ0n) is 17.0. The molecule has 0 radical (unpaired) electrons. The highest BCUT2D eigenvalue weighted by atomic mass is 32.2. The first-order chi connectivity index (χ1) is 12.6. The lowest BCUT2D eigenvalue weighted by Crippen LogP contribution is -2.44. The van der Waals surface area contributed by atoms with E-state index < -0.39 is 0 Å². The van der Waals surface area contributed by atoms with E-state index in [0.717, 1.165) is 46.3 Å². The monoisotopic (exact) mass is 407 g/mol. The van der Waals surface area contributed by atoms with E-state index in [1.165, 1.54) is 11.8 Å². The average molecular weight is 408 g/mol. The molecule has 7 heteroatoms. The van der Waals surface area contributed by atoms with Crippen molar-refractivity contribution >= 4 is 39.2 Å². The van der Waals surface area contributed by atoms with Gasteiger partial charge in [-0.1, -0.05) is 24.6 Å². The van der Waals surface area contributed by atoms with Crippen molar-refractivity contribution in [3.63, 3.8) is 0 Å². The number of nitrogens with one attached hydrogen (secondary N) is 1. The standard InChI is InChI=1S/C20H29N3O2S2/c1-11-12(2)26-17-15(11)18(25)23(14-9-7-8-10-14)19(21-17)27-13(3)16(24)22-20(4,5)6/h13-14H,7-10H2,1-6H3,(H,22,24)/t13-/m1/s1. The number of amides is 1. The number of aryl methyl sites for hydroxylation is 2. The first-order valence-corrected chi connectivity index (χ1v) is 11.3. The Morgan fingerprint density at radius 3 is 2.52 bits per heavy atom. The van der Waals surface area contributed by atoms with Gasteiger partial charge in [0.1, 0.15) is 4.83 Å². The van der Waals surface area contributed by atoms with Gasteiger partial charge in [-0.3, -0.25) is 14.2 Å². The van der Waals surface area contributed by atoms with Crippen LogP contribution >= 0.6 is 23.1 Å². The fourth-order valence-corrected chi connectivity index (χ4v) is 5.59. The van der Waals surface area contributed by atoms with Crippen LogP contribution < -0.4 is 10.9 Å². The molecule has 2 heterocycles. The minimum atomic E-state index is -0.316. The number of aromatic nitrogens is 2. The molecule has 1 atom stereocenters. The zero-order chi connectivity index (χ0) is 19.9. The summed E-state index contributed by atoms with van der Waals surface area (Å²) in [4.78, 5) is 32.7. The van der Waals surface area contributed by atoms with Gasteiger partial charge in [0, 0.05) is 16.5 Å². The Hall–Kier alpha value is -1.34. The molecule has 0 aliphatic heterocycles. The summed E-state index contributed by atoms with van der Waals surface area (Å²) in [6, 6.07) is 0.189. The second kappa shape index (κ2) is 7.59. The Kier molecular flexibility index (Phi) is 5.73. The highest BCUT2D eigenvalue weighted by molar-refractivity contribution is 8.00. The molecule has 1 N–H and O–H groups in total. The smallest absolute Gasteiger partial charge is 0.263 e. The summed E-state index contributed by atoms with van der Waals surface area (Å²) in [7, 11) is 0. The number of thiophene rings is 1. The Morgan fingerprint density at radius 1 is 1.30 bits per heavy atom. The van der Waals surface area contributed by atoms with Crippen LogP contribution in [0, 0.1) is 13.8 Å². The molecule has 2 aromatic heterocycles. The molecule has 0 saturated heterocycles. The summed E-state index contributed by atoms with van der Waals surface area (Å²) in [5, 5.41) is 4.13. The predicted molar refractivity (Wildman–Crippen MR) is 114 cm³/mol. The molecule has 1 amide bonds. The fraction of sp³-hybridized carbons (Fsp3) is 0.650. The van der Waals surface area contributed by atoms with E-state index in [0.29, 0.717) is 5.16 Å². The lowest BCUT2D eigenvalue weighted by atomic mass is 10.1. The van der Waals surface area contributed by atoms with E-state index >= 15 is 0 Å². The van der Waals surface area contributed by atoms with Crippen molar-refractivity contribution < 1.29 is 4.79 Å². The van der Waals surface area contributed by atoms with Crippen LogP contribution in [-0.4, -0.2) is 26.2 Å². The van der Waals surface area contributed by atoms with E-state index in [9.17, 15) is 9.59 Å². The van der Waals surface area contributed by atoms with Gasteiger partial charge in [0.15, 0.2) is 5.16 Å². The lowest BCUT2D eigenvalue weighted by molar-refractivity contribution is -0.121. The number of nitrogens with zero attached hydrogens (tertiary/aromatic N) is 2. The van der Waals surface area contributed by atoms with Gasteiger partial charge in [-0.15, -0.1) is 11.3 Å². The first kappa shape index (κ1) is 20.4. The molecule has 0 spiro atoms. The molecule has 148 valence electrons. The van der Waals surface area contributed by atoms with Crippen molar-refractivity contribution in [2.45, 2.75) is 89.2 Å². The van der Waals surface area contributed by atoms with Crippen molar-refractivity contribution in [2.75, 3.05) is 0 Å². The minimum Gasteiger partial charge on any atom is -0.351 e. The number of hydrogen-bond donors (Lipinski definition) is 1. The van der Waals surface area contributed by atoms with Crippen LogP contribution in [0.5, 0.6) is 0 Å². The maximum atomic E-state index is 13.4. The van der Waals surface area contributed by atoms with Gasteiger partial charge < -0.3 is 5.32 Å². The molecule has 0 bridgehead atoms. The summed E-state index contributed by atoms with van der Waals surface area (Å²) in [6.07, 6.45) is 4.29. The minimum absolute atomic E-state index is 0.0293. The third-order valence-electron chi connectivity index (χ3n) is 5.04. The summed E-state index contributed by atoms with van der Waals surface area (Å²) in [5.74, 6) is -0.0293. The van der Waals surface area contributed by atoms with Gasteiger partial charge >= 0.3 is 0 Å². The number of thioether (sulfide) groups is 1. The predicted octanol–water partition coefficient (Wildman–Crippen LogP) is 4.59. The molecular weight excluding hydrogens is 378 g/mol. The Morgan fingerprint density at radius 2 is 1.93 bits per heavy atom. The van der Waals surface area contributed by atoms with Gasteiger partial charge in [-0.05, 0) is 59.9 Å². The number of carbonyl (C=O) groups is 1. The highest BCUT2D eigenvalue weighted by Gasteiger charge is 2.28. The van der Waals surface area contributed by atoms with Crippen LogP contribution in [0.1, 0.15) is 69.9 Å². The largest absolute Gasteiger partial charge is 0.351 e. The first-order valence-electron chi connectivity index (χ1n) is 9.59. The van der Waals surface area contributed by atoms with Crippen molar-refractivity contribution in [3.8, 4) is 0 Å².